The summed E-state index contributed by atoms with van der Waals surface area (Å²) in [5.74, 6) is -0.971. The summed E-state index contributed by atoms with van der Waals surface area (Å²) in [6, 6.07) is 2.98. The van der Waals surface area contributed by atoms with Crippen LogP contribution in [0.4, 0.5) is 10.1 Å². The second kappa shape index (κ2) is 8.63. The van der Waals surface area contributed by atoms with Crippen molar-refractivity contribution < 1.29 is 18.7 Å². The van der Waals surface area contributed by atoms with Crippen LogP contribution in [0.1, 0.15) is 42.9 Å². The van der Waals surface area contributed by atoms with Gasteiger partial charge in [-0.15, -0.1) is 0 Å². The highest BCUT2D eigenvalue weighted by atomic mass is 32.2. The minimum Gasteiger partial charge on any atom is -0.462 e. The van der Waals surface area contributed by atoms with Gasteiger partial charge in [0.2, 0.25) is 5.43 Å². The standard InChI is InChI=1S/C22H26FN3O4S/c1-4-30-22(29)19-20(28)15-11-16(23)18(12-17(15)26-14(3)31-21(19)26)25-9-7-24(8-10-25)6-5-13(2)27/h11-12,14H,4-10H2,1-3H3. The largest absolute Gasteiger partial charge is 0.462 e. The number of piperazine rings is 1. The number of aromatic nitrogens is 1. The summed E-state index contributed by atoms with van der Waals surface area (Å²) in [5.41, 5.74) is 0.595. The predicted molar refractivity (Wildman–Crippen MR) is 119 cm³/mol. The molecule has 0 saturated carbocycles. The van der Waals surface area contributed by atoms with Gasteiger partial charge < -0.3 is 14.2 Å². The van der Waals surface area contributed by atoms with Crippen LogP contribution in [0, 0.1) is 5.82 Å². The number of rotatable bonds is 6. The number of fused-ring (bicyclic) bond motifs is 3. The predicted octanol–water partition coefficient (Wildman–Crippen LogP) is 3.04. The maximum Gasteiger partial charge on any atom is 0.344 e. The Morgan fingerprint density at radius 1 is 1.23 bits per heavy atom. The first-order valence-corrected chi connectivity index (χ1v) is 11.4. The zero-order valence-corrected chi connectivity index (χ0v) is 18.8. The smallest absolute Gasteiger partial charge is 0.344 e. The van der Waals surface area contributed by atoms with Gasteiger partial charge in [-0.05, 0) is 32.9 Å². The van der Waals surface area contributed by atoms with Gasteiger partial charge in [0.25, 0.3) is 0 Å². The fraction of sp³-hybridized carbons (Fsp3) is 0.500. The molecular weight excluding hydrogens is 421 g/mol. The number of anilines is 1. The monoisotopic (exact) mass is 447 g/mol. The van der Waals surface area contributed by atoms with Crippen molar-refractivity contribution in [1.82, 2.24) is 9.47 Å². The Bertz CT molecular complexity index is 1110. The molecule has 7 nitrogen and oxygen atoms in total. The molecular formula is C22H26FN3O4S. The number of esters is 1. The molecule has 1 fully saturated rings. The zero-order chi connectivity index (χ0) is 22.3. The molecule has 1 aromatic carbocycles. The second-order valence-corrected chi connectivity index (χ2v) is 9.22. The Balaban J connectivity index is 1.68. The van der Waals surface area contributed by atoms with Crippen LogP contribution in [0.5, 0.6) is 0 Å². The van der Waals surface area contributed by atoms with Gasteiger partial charge in [-0.2, -0.15) is 0 Å². The summed E-state index contributed by atoms with van der Waals surface area (Å²) in [6.45, 7) is 8.92. The van der Waals surface area contributed by atoms with Gasteiger partial charge in [0.05, 0.1) is 28.2 Å². The van der Waals surface area contributed by atoms with E-state index in [9.17, 15) is 14.4 Å². The summed E-state index contributed by atoms with van der Waals surface area (Å²) >= 11 is 1.44. The number of pyridine rings is 1. The van der Waals surface area contributed by atoms with Crippen molar-refractivity contribution in [3.8, 4) is 0 Å². The van der Waals surface area contributed by atoms with E-state index in [0.717, 1.165) is 19.6 Å². The summed E-state index contributed by atoms with van der Waals surface area (Å²) < 4.78 is 22.1. The molecule has 0 N–H and O–H groups in total. The molecule has 166 valence electrons. The summed E-state index contributed by atoms with van der Waals surface area (Å²) in [4.78, 5) is 40.8. The summed E-state index contributed by atoms with van der Waals surface area (Å²) in [5, 5.41) is 0.809. The average Bonchev–Trinajstić information content (AvgIpc) is 2.72. The lowest BCUT2D eigenvalue weighted by Crippen LogP contribution is -2.47. The average molecular weight is 448 g/mol. The molecule has 9 heteroatoms. The van der Waals surface area contributed by atoms with Gasteiger partial charge in [0.15, 0.2) is 0 Å². The Morgan fingerprint density at radius 3 is 2.55 bits per heavy atom. The van der Waals surface area contributed by atoms with Crippen LogP contribution in [0.3, 0.4) is 0 Å². The fourth-order valence-corrected chi connectivity index (χ4v) is 5.34. The molecule has 2 aliphatic heterocycles. The number of Topliss-reactive ketones (excluding diaryl/α,β-unsaturated/α-hetero) is 1. The first-order valence-electron chi connectivity index (χ1n) is 10.5. The summed E-state index contributed by atoms with van der Waals surface area (Å²) in [7, 11) is 0. The Kier molecular flexibility index (Phi) is 6.07. The maximum absolute atomic E-state index is 15.1. The Morgan fingerprint density at radius 2 is 1.94 bits per heavy atom. The van der Waals surface area contributed by atoms with Gasteiger partial charge in [0.1, 0.15) is 17.2 Å². The molecule has 2 aromatic rings. The summed E-state index contributed by atoms with van der Waals surface area (Å²) in [6.07, 6.45) is 0.526. The third-order valence-corrected chi connectivity index (χ3v) is 7.02. The highest BCUT2D eigenvalue weighted by Crippen LogP contribution is 2.46. The van der Waals surface area contributed by atoms with Crippen molar-refractivity contribution in [2.75, 3.05) is 44.2 Å². The zero-order valence-electron chi connectivity index (χ0n) is 17.9. The number of ether oxygens (including phenoxy) is 1. The van der Waals surface area contributed by atoms with Crippen molar-refractivity contribution in [3.63, 3.8) is 0 Å². The highest BCUT2D eigenvalue weighted by molar-refractivity contribution is 8.00. The van der Waals surface area contributed by atoms with Gasteiger partial charge in [0, 0.05) is 44.5 Å². The van der Waals surface area contributed by atoms with Crippen molar-refractivity contribution in [2.45, 2.75) is 37.6 Å². The molecule has 0 spiro atoms. The van der Waals surface area contributed by atoms with E-state index in [-0.39, 0.29) is 28.7 Å². The molecule has 1 aromatic heterocycles. The third kappa shape index (κ3) is 3.96. The van der Waals surface area contributed by atoms with Crippen LogP contribution < -0.4 is 10.3 Å². The molecule has 1 atom stereocenters. The van der Waals surface area contributed by atoms with Crippen LogP contribution >= 0.6 is 11.8 Å². The molecule has 1 saturated heterocycles. The highest BCUT2D eigenvalue weighted by Gasteiger charge is 2.34. The van der Waals surface area contributed by atoms with Crippen LogP contribution in [0.25, 0.3) is 10.9 Å². The van der Waals surface area contributed by atoms with Crippen LogP contribution in [-0.4, -0.2) is 60.6 Å². The van der Waals surface area contributed by atoms with E-state index in [1.54, 1.807) is 19.9 Å². The maximum atomic E-state index is 15.1. The molecule has 0 radical (unpaired) electrons. The number of thioether (sulfide) groups is 1. The van der Waals surface area contributed by atoms with Crippen LogP contribution in [-0.2, 0) is 9.53 Å². The fourth-order valence-electron chi connectivity index (χ4n) is 4.19. The Labute approximate surface area is 184 Å². The number of halogens is 1. The molecule has 4 rings (SSSR count). The van der Waals surface area contributed by atoms with Crippen molar-refractivity contribution in [3.05, 3.63) is 33.7 Å². The first-order chi connectivity index (χ1) is 14.8. The van der Waals surface area contributed by atoms with E-state index < -0.39 is 17.2 Å². The quantitative estimate of drug-likeness (QED) is 0.631. The molecule has 31 heavy (non-hydrogen) atoms. The topological polar surface area (TPSA) is 71.8 Å². The van der Waals surface area contributed by atoms with Gasteiger partial charge in [-0.25, -0.2) is 9.18 Å². The molecule has 0 bridgehead atoms. The van der Waals surface area contributed by atoms with Gasteiger partial charge in [-0.3, -0.25) is 14.5 Å². The lowest BCUT2D eigenvalue weighted by atomic mass is 10.1. The normalized spacial score (nSPS) is 18.6. The van der Waals surface area contributed by atoms with E-state index in [2.05, 4.69) is 4.90 Å². The molecule has 1 unspecified atom stereocenters. The van der Waals surface area contributed by atoms with E-state index in [1.807, 2.05) is 16.4 Å². The van der Waals surface area contributed by atoms with Gasteiger partial charge in [-0.1, -0.05) is 11.8 Å². The minimum absolute atomic E-state index is 0.0105. The number of benzene rings is 1. The van der Waals surface area contributed by atoms with E-state index in [0.29, 0.717) is 35.7 Å². The SMILES string of the molecule is CCOC(=O)c1c2n(c3cc(N4CCN(CCC(C)=O)CC4)c(F)cc3c1=O)C(C)S2. The number of hydrogen-bond acceptors (Lipinski definition) is 7. The van der Waals surface area contributed by atoms with Crippen LogP contribution in [0.15, 0.2) is 22.0 Å². The van der Waals surface area contributed by atoms with Crippen molar-refractivity contribution in [1.29, 1.82) is 0 Å². The number of nitrogens with zero attached hydrogens (tertiary/aromatic N) is 3. The van der Waals surface area contributed by atoms with Crippen molar-refractivity contribution >= 4 is 40.1 Å². The number of carbonyl (C=O) groups is 2. The van der Waals surface area contributed by atoms with E-state index >= 15 is 4.39 Å². The minimum atomic E-state index is -0.663. The second-order valence-electron chi connectivity index (χ2n) is 7.92. The number of carbonyl (C=O) groups excluding carboxylic acids is 2. The first kappa shape index (κ1) is 21.8. The number of hydrogen-bond donors (Lipinski definition) is 0. The van der Waals surface area contributed by atoms with Gasteiger partial charge >= 0.3 is 5.97 Å². The molecule has 2 aliphatic rings. The third-order valence-electron chi connectivity index (χ3n) is 5.85. The lowest BCUT2D eigenvalue weighted by Gasteiger charge is -2.37. The van der Waals surface area contributed by atoms with E-state index in [4.69, 9.17) is 4.74 Å². The molecule has 0 amide bonds. The lowest BCUT2D eigenvalue weighted by molar-refractivity contribution is -0.117. The number of ketones is 1. The van der Waals surface area contributed by atoms with E-state index in [1.165, 1.54) is 17.8 Å². The molecule has 0 aliphatic carbocycles. The Hall–Kier alpha value is -2.39. The van der Waals surface area contributed by atoms with Crippen molar-refractivity contribution in [2.24, 2.45) is 0 Å². The van der Waals surface area contributed by atoms with Crippen LogP contribution in [0.2, 0.25) is 0 Å². The molecule has 3 heterocycles.